The molecule has 7 heteroatoms. The zero-order chi connectivity index (χ0) is 21.2. The normalized spacial score (nSPS) is 18.4. The van der Waals surface area contributed by atoms with Crippen molar-refractivity contribution in [2.45, 2.75) is 61.9 Å². The Morgan fingerprint density at radius 1 is 1.10 bits per heavy atom. The minimum Gasteiger partial charge on any atom is -0.309 e. The molecule has 1 aliphatic heterocycles. The van der Waals surface area contributed by atoms with Crippen LogP contribution in [0.25, 0.3) is 0 Å². The first-order valence-corrected chi connectivity index (χ1v) is 12.0. The molecule has 6 nitrogen and oxygen atoms in total. The molecular formula is C24H27N5OS. The van der Waals surface area contributed by atoms with E-state index in [4.69, 9.17) is 0 Å². The Hall–Kier alpha value is -2.54. The van der Waals surface area contributed by atoms with E-state index in [1.54, 1.807) is 0 Å². The molecule has 5 rings (SSSR count). The van der Waals surface area contributed by atoms with Gasteiger partial charge in [0, 0.05) is 23.7 Å². The molecular weight excluding hydrogens is 406 g/mol. The number of carbonyl (C=O) groups excluding carboxylic acids is 1. The molecule has 3 aliphatic rings. The second-order valence-corrected chi connectivity index (χ2v) is 9.59. The highest BCUT2D eigenvalue weighted by molar-refractivity contribution is 7.99. The Morgan fingerprint density at radius 3 is 2.58 bits per heavy atom. The lowest BCUT2D eigenvalue weighted by Gasteiger charge is -2.26. The highest BCUT2D eigenvalue weighted by atomic mass is 32.2. The number of benzene rings is 1. The minimum atomic E-state index is 0.307. The number of aryl methyl sites for hydroxylation is 1. The topological polar surface area (TPSA) is 80.1 Å². The molecule has 1 N–H and O–H groups in total. The number of nitrogens with zero attached hydrogens (tertiary/aromatic N) is 4. The second kappa shape index (κ2) is 8.91. The van der Waals surface area contributed by atoms with Gasteiger partial charge in [0.1, 0.15) is 17.4 Å². The number of ketones is 1. The Morgan fingerprint density at radius 2 is 1.90 bits per heavy atom. The highest BCUT2D eigenvalue weighted by Crippen LogP contribution is 2.35. The van der Waals surface area contributed by atoms with Crippen LogP contribution in [-0.2, 0) is 17.6 Å². The van der Waals surface area contributed by atoms with Crippen LogP contribution in [0.15, 0.2) is 51.0 Å². The van der Waals surface area contributed by atoms with Gasteiger partial charge in [-0.15, -0.1) is 0 Å². The molecule has 0 bridgehead atoms. The first-order chi connectivity index (χ1) is 15.2. The van der Waals surface area contributed by atoms with Crippen molar-refractivity contribution in [3.63, 3.8) is 0 Å². The maximum absolute atomic E-state index is 12.0. The van der Waals surface area contributed by atoms with Gasteiger partial charge in [0.15, 0.2) is 5.16 Å². The van der Waals surface area contributed by atoms with Crippen molar-refractivity contribution >= 4 is 29.3 Å². The van der Waals surface area contributed by atoms with Crippen LogP contribution in [0.2, 0.25) is 0 Å². The van der Waals surface area contributed by atoms with Gasteiger partial charge < -0.3 is 5.32 Å². The number of anilines is 1. The van der Waals surface area contributed by atoms with Crippen molar-refractivity contribution in [3.8, 4) is 0 Å². The zero-order valence-corrected chi connectivity index (χ0v) is 18.6. The number of aliphatic imine (C=N–C) groups is 1. The number of amidine groups is 1. The largest absolute Gasteiger partial charge is 0.309 e. The fraction of sp³-hybridized carbons (Fsp3) is 0.458. The lowest BCUT2D eigenvalue weighted by molar-refractivity contribution is -0.119. The first kappa shape index (κ1) is 20.4. The number of aromatic nitrogens is 3. The molecule has 2 heterocycles. The number of rotatable bonds is 8. The summed E-state index contributed by atoms with van der Waals surface area (Å²) < 4.78 is 0. The Kier molecular flexibility index (Phi) is 5.85. The third-order valence-electron chi connectivity index (χ3n) is 6.14. The van der Waals surface area contributed by atoms with E-state index in [-0.39, 0.29) is 0 Å². The number of hydrogen-bond acceptors (Lipinski definition) is 7. The van der Waals surface area contributed by atoms with Crippen molar-refractivity contribution in [2.75, 3.05) is 11.9 Å². The molecule has 0 amide bonds. The summed E-state index contributed by atoms with van der Waals surface area (Å²) in [5, 5.41) is 3.95. The summed E-state index contributed by atoms with van der Waals surface area (Å²) in [4.78, 5) is 31.4. The van der Waals surface area contributed by atoms with Crippen LogP contribution >= 0.6 is 11.8 Å². The summed E-state index contributed by atoms with van der Waals surface area (Å²) in [6.45, 7) is 2.83. The first-order valence-electron chi connectivity index (χ1n) is 11.2. The molecule has 2 aromatic rings. The molecule has 160 valence electrons. The predicted octanol–water partition coefficient (Wildman–Crippen LogP) is 4.66. The lowest BCUT2D eigenvalue weighted by atomic mass is 9.80. The van der Waals surface area contributed by atoms with Crippen LogP contribution in [0.1, 0.15) is 50.4 Å². The van der Waals surface area contributed by atoms with E-state index in [1.165, 1.54) is 36.6 Å². The third-order valence-corrected chi connectivity index (χ3v) is 7.02. The molecule has 2 fully saturated rings. The van der Waals surface area contributed by atoms with Crippen LogP contribution in [0.5, 0.6) is 0 Å². The molecule has 1 aromatic carbocycles. The number of nitrogens with one attached hydrogen (secondary N) is 1. The van der Waals surface area contributed by atoms with E-state index >= 15 is 0 Å². The molecule has 2 aliphatic carbocycles. The van der Waals surface area contributed by atoms with Crippen molar-refractivity contribution < 1.29 is 4.79 Å². The quantitative estimate of drug-likeness (QED) is 0.652. The standard InChI is InChI=1S/C24H27N5OS/c1-2-21-26-23(27-22-13-18(14-25-22)16-4-3-5-16)29-24(28-21)31-19-10-6-15(7-11-19)12-20(30)17-8-9-17/h6-7,10-11,13,16-17H,2-5,8-9,12,14H2,1H3,(H,25,26,27,28,29). The van der Waals surface area contributed by atoms with E-state index in [0.717, 1.165) is 47.9 Å². The van der Waals surface area contributed by atoms with Gasteiger partial charge in [-0.25, -0.2) is 4.98 Å². The highest BCUT2D eigenvalue weighted by Gasteiger charge is 2.29. The molecule has 0 spiro atoms. The molecule has 0 radical (unpaired) electrons. The van der Waals surface area contributed by atoms with E-state index in [2.05, 4.69) is 31.3 Å². The van der Waals surface area contributed by atoms with Crippen molar-refractivity contribution in [1.82, 2.24) is 15.0 Å². The van der Waals surface area contributed by atoms with Gasteiger partial charge in [-0.1, -0.05) is 25.5 Å². The maximum Gasteiger partial charge on any atom is 0.232 e. The maximum atomic E-state index is 12.0. The lowest BCUT2D eigenvalue weighted by Crippen LogP contribution is -2.15. The summed E-state index contributed by atoms with van der Waals surface area (Å²) in [6.07, 6.45) is 9.46. The predicted molar refractivity (Wildman–Crippen MR) is 123 cm³/mol. The van der Waals surface area contributed by atoms with Gasteiger partial charge in [-0.3, -0.25) is 9.79 Å². The summed E-state index contributed by atoms with van der Waals surface area (Å²) in [5.41, 5.74) is 2.50. The van der Waals surface area contributed by atoms with Crippen molar-refractivity contribution in [1.29, 1.82) is 0 Å². The van der Waals surface area contributed by atoms with Crippen LogP contribution in [0.3, 0.4) is 0 Å². The second-order valence-electron chi connectivity index (χ2n) is 8.55. The van der Waals surface area contributed by atoms with E-state index in [1.807, 2.05) is 31.2 Å². The van der Waals surface area contributed by atoms with Crippen LogP contribution in [-0.4, -0.2) is 33.1 Å². The summed E-state index contributed by atoms with van der Waals surface area (Å²) in [6, 6.07) is 8.14. The molecule has 31 heavy (non-hydrogen) atoms. The molecule has 0 saturated heterocycles. The molecule has 1 aromatic heterocycles. The summed E-state index contributed by atoms with van der Waals surface area (Å²) >= 11 is 1.51. The van der Waals surface area contributed by atoms with Crippen molar-refractivity contribution in [2.24, 2.45) is 16.8 Å². The van der Waals surface area contributed by atoms with Gasteiger partial charge in [0.2, 0.25) is 5.95 Å². The summed E-state index contributed by atoms with van der Waals surface area (Å²) in [5.74, 6) is 3.53. The molecule has 2 saturated carbocycles. The van der Waals surface area contributed by atoms with Crippen LogP contribution < -0.4 is 5.32 Å². The Balaban J connectivity index is 1.26. The van der Waals surface area contributed by atoms with Gasteiger partial charge in [-0.2, -0.15) is 9.97 Å². The number of hydrogen-bond donors (Lipinski definition) is 1. The zero-order valence-electron chi connectivity index (χ0n) is 17.8. The number of carbonyl (C=O) groups is 1. The monoisotopic (exact) mass is 433 g/mol. The van der Waals surface area contributed by atoms with E-state index < -0.39 is 0 Å². The average molecular weight is 434 g/mol. The van der Waals surface area contributed by atoms with Gasteiger partial charge in [0.25, 0.3) is 0 Å². The minimum absolute atomic E-state index is 0.307. The molecule has 0 atom stereocenters. The third kappa shape index (κ3) is 5.03. The van der Waals surface area contributed by atoms with Gasteiger partial charge in [0.05, 0.1) is 6.54 Å². The Bertz CT molecular complexity index is 1040. The fourth-order valence-corrected chi connectivity index (χ4v) is 4.62. The SMILES string of the molecule is CCc1nc(NC2=NCC(C3CCC3)=C2)nc(Sc2ccc(CC(=O)C3CC3)cc2)n1. The Labute approximate surface area is 187 Å². The summed E-state index contributed by atoms with van der Waals surface area (Å²) in [7, 11) is 0. The van der Waals surface area contributed by atoms with Crippen molar-refractivity contribution in [3.05, 3.63) is 47.3 Å². The van der Waals surface area contributed by atoms with Crippen LogP contribution in [0.4, 0.5) is 5.95 Å². The van der Waals surface area contributed by atoms with E-state index in [0.29, 0.717) is 35.1 Å². The molecule has 0 unspecified atom stereocenters. The van der Waals surface area contributed by atoms with E-state index in [9.17, 15) is 4.79 Å². The fourth-order valence-electron chi connectivity index (χ4n) is 3.85. The average Bonchev–Trinajstić information content (AvgIpc) is 3.49. The van der Waals surface area contributed by atoms with Gasteiger partial charge in [-0.05, 0) is 72.7 Å². The van der Waals surface area contributed by atoms with Gasteiger partial charge >= 0.3 is 0 Å². The van der Waals surface area contributed by atoms with Crippen LogP contribution in [0, 0.1) is 11.8 Å². The number of Topliss-reactive ketones (excluding diaryl/α,β-unsaturated/α-hetero) is 1. The smallest absolute Gasteiger partial charge is 0.232 e.